The fourth-order valence-corrected chi connectivity index (χ4v) is 1.35. The lowest BCUT2D eigenvalue weighted by Crippen LogP contribution is -2.16. The minimum atomic E-state index is -0.368. The van der Waals surface area contributed by atoms with Gasteiger partial charge in [0.1, 0.15) is 0 Å². The van der Waals surface area contributed by atoms with E-state index < -0.39 is 0 Å². The van der Waals surface area contributed by atoms with E-state index in [4.69, 9.17) is 10.2 Å². The highest BCUT2D eigenvalue weighted by atomic mass is 35.5. The van der Waals surface area contributed by atoms with Crippen molar-refractivity contribution < 1.29 is 4.42 Å². The molecule has 0 aliphatic heterocycles. The summed E-state index contributed by atoms with van der Waals surface area (Å²) in [6.45, 7) is 1.10. The number of oxazole rings is 1. The Morgan fingerprint density at radius 1 is 1.53 bits per heavy atom. The average molecular weight is 230 g/mol. The van der Waals surface area contributed by atoms with Crippen LogP contribution in [-0.2, 0) is 6.54 Å². The maximum absolute atomic E-state index is 11.4. The molecule has 6 heteroatoms. The van der Waals surface area contributed by atoms with Crippen molar-refractivity contribution >= 4 is 23.6 Å². The molecule has 0 bridgehead atoms. The van der Waals surface area contributed by atoms with E-state index in [0.717, 1.165) is 6.42 Å². The topological polar surface area (TPSA) is 74.0 Å². The van der Waals surface area contributed by atoms with Gasteiger partial charge >= 0.3 is 5.76 Å². The van der Waals surface area contributed by atoms with Crippen LogP contribution in [0.1, 0.15) is 6.42 Å². The van der Waals surface area contributed by atoms with Gasteiger partial charge in [-0.3, -0.25) is 4.57 Å². The summed E-state index contributed by atoms with van der Waals surface area (Å²) in [5.74, 6) is -0.368. The van der Waals surface area contributed by atoms with Crippen LogP contribution in [0.15, 0.2) is 27.5 Å². The minimum absolute atomic E-state index is 0. The molecule has 0 amide bonds. The van der Waals surface area contributed by atoms with Gasteiger partial charge in [-0.15, -0.1) is 12.4 Å². The molecule has 0 atom stereocenters. The Kier molecular flexibility index (Phi) is 3.88. The number of aromatic nitrogens is 2. The van der Waals surface area contributed by atoms with Crippen LogP contribution in [0.4, 0.5) is 0 Å². The van der Waals surface area contributed by atoms with Crippen molar-refractivity contribution in [1.29, 1.82) is 0 Å². The molecule has 82 valence electrons. The highest BCUT2D eigenvalue weighted by Gasteiger charge is 2.08. The first-order valence-electron chi connectivity index (χ1n) is 4.47. The summed E-state index contributed by atoms with van der Waals surface area (Å²) in [6.07, 6.45) is 2.38. The van der Waals surface area contributed by atoms with Crippen LogP contribution in [0.2, 0.25) is 0 Å². The number of nitrogens with zero attached hydrogens (tertiary/aromatic N) is 2. The fourth-order valence-electron chi connectivity index (χ4n) is 1.35. The van der Waals surface area contributed by atoms with Crippen molar-refractivity contribution in [2.24, 2.45) is 5.73 Å². The van der Waals surface area contributed by atoms with Gasteiger partial charge < -0.3 is 10.2 Å². The van der Waals surface area contributed by atoms with E-state index in [2.05, 4.69) is 4.98 Å². The smallest absolute Gasteiger partial charge is 0.406 e. The Bertz CT molecular complexity index is 491. The molecule has 0 saturated carbocycles. The molecule has 2 heterocycles. The Morgan fingerprint density at radius 2 is 2.33 bits per heavy atom. The van der Waals surface area contributed by atoms with Gasteiger partial charge in [-0.2, -0.15) is 0 Å². The molecule has 0 fully saturated rings. The lowest BCUT2D eigenvalue weighted by atomic mass is 10.4. The van der Waals surface area contributed by atoms with Crippen molar-refractivity contribution in [3.05, 3.63) is 28.9 Å². The van der Waals surface area contributed by atoms with E-state index in [9.17, 15) is 4.79 Å². The molecular formula is C9H12ClN3O2. The van der Waals surface area contributed by atoms with Crippen molar-refractivity contribution in [2.75, 3.05) is 6.54 Å². The van der Waals surface area contributed by atoms with Crippen LogP contribution in [0.3, 0.4) is 0 Å². The highest BCUT2D eigenvalue weighted by molar-refractivity contribution is 5.85. The van der Waals surface area contributed by atoms with Crippen molar-refractivity contribution in [1.82, 2.24) is 9.55 Å². The summed E-state index contributed by atoms with van der Waals surface area (Å²) in [6, 6.07) is 3.46. The zero-order chi connectivity index (χ0) is 9.97. The van der Waals surface area contributed by atoms with Crippen LogP contribution < -0.4 is 11.5 Å². The van der Waals surface area contributed by atoms with Crippen LogP contribution in [-0.4, -0.2) is 16.1 Å². The van der Waals surface area contributed by atoms with Gasteiger partial charge in [-0.1, -0.05) is 0 Å². The maximum Gasteiger partial charge on any atom is 0.421 e. The summed E-state index contributed by atoms with van der Waals surface area (Å²) < 4.78 is 6.50. The number of pyridine rings is 1. The zero-order valence-corrected chi connectivity index (χ0v) is 8.87. The fraction of sp³-hybridized carbons (Fsp3) is 0.333. The Balaban J connectivity index is 0.00000112. The van der Waals surface area contributed by atoms with E-state index in [1.807, 2.05) is 0 Å². The second-order valence-electron chi connectivity index (χ2n) is 2.99. The first-order valence-corrected chi connectivity index (χ1v) is 4.47. The summed E-state index contributed by atoms with van der Waals surface area (Å²) in [5, 5.41) is 0. The number of aryl methyl sites for hydroxylation is 1. The third-order valence-electron chi connectivity index (χ3n) is 2.01. The first-order chi connectivity index (χ1) is 6.83. The van der Waals surface area contributed by atoms with Gasteiger partial charge in [0.25, 0.3) is 0 Å². The lowest BCUT2D eigenvalue weighted by Gasteiger charge is -1.97. The largest absolute Gasteiger partial charge is 0.421 e. The van der Waals surface area contributed by atoms with Crippen LogP contribution in [0, 0.1) is 0 Å². The molecule has 0 spiro atoms. The molecule has 2 N–H and O–H groups in total. The second-order valence-corrected chi connectivity index (χ2v) is 2.99. The Hall–Kier alpha value is -1.33. The van der Waals surface area contributed by atoms with Gasteiger partial charge in [0.2, 0.25) is 0 Å². The second kappa shape index (κ2) is 4.95. The maximum atomic E-state index is 11.4. The van der Waals surface area contributed by atoms with Gasteiger partial charge in [-0.25, -0.2) is 9.78 Å². The normalized spacial score (nSPS) is 10.2. The average Bonchev–Trinajstić information content (AvgIpc) is 2.51. The van der Waals surface area contributed by atoms with E-state index in [1.54, 1.807) is 18.3 Å². The van der Waals surface area contributed by atoms with E-state index >= 15 is 0 Å². The standard InChI is InChI=1S/C9H11N3O2.ClH/c10-4-2-6-12-8-7(14-9(12)13)3-1-5-11-8;/h1,3,5H,2,4,6,10H2;1H. The molecule has 0 radical (unpaired) electrons. The molecular weight excluding hydrogens is 218 g/mol. The molecule has 2 aromatic rings. The zero-order valence-electron chi connectivity index (χ0n) is 8.05. The molecule has 0 unspecified atom stereocenters. The third-order valence-corrected chi connectivity index (χ3v) is 2.01. The molecule has 15 heavy (non-hydrogen) atoms. The summed E-state index contributed by atoms with van der Waals surface area (Å²) in [7, 11) is 0. The summed E-state index contributed by atoms with van der Waals surface area (Å²) in [5.41, 5.74) is 6.48. The van der Waals surface area contributed by atoms with Crippen molar-refractivity contribution in [3.63, 3.8) is 0 Å². The van der Waals surface area contributed by atoms with Gasteiger partial charge in [0.05, 0.1) is 0 Å². The number of rotatable bonds is 3. The molecule has 2 aromatic heterocycles. The lowest BCUT2D eigenvalue weighted by molar-refractivity contribution is 0.499. The summed E-state index contributed by atoms with van der Waals surface area (Å²) >= 11 is 0. The van der Waals surface area contributed by atoms with Crippen molar-refractivity contribution in [3.8, 4) is 0 Å². The predicted molar refractivity (Wildman–Crippen MR) is 59.2 cm³/mol. The van der Waals surface area contributed by atoms with Crippen LogP contribution >= 0.6 is 12.4 Å². The molecule has 5 nitrogen and oxygen atoms in total. The minimum Gasteiger partial charge on any atom is -0.406 e. The molecule has 0 aliphatic carbocycles. The van der Waals surface area contributed by atoms with E-state index in [0.29, 0.717) is 24.3 Å². The number of hydrogen-bond acceptors (Lipinski definition) is 4. The van der Waals surface area contributed by atoms with Crippen LogP contribution in [0.5, 0.6) is 0 Å². The first kappa shape index (κ1) is 11.7. The number of fused-ring (bicyclic) bond motifs is 1. The van der Waals surface area contributed by atoms with Gasteiger partial charge in [-0.05, 0) is 25.1 Å². The number of hydrogen-bond donors (Lipinski definition) is 1. The van der Waals surface area contributed by atoms with E-state index in [-0.39, 0.29) is 18.2 Å². The molecule has 0 aromatic carbocycles. The monoisotopic (exact) mass is 229 g/mol. The number of halogens is 1. The molecule has 2 rings (SSSR count). The van der Waals surface area contributed by atoms with Gasteiger partial charge in [0.15, 0.2) is 11.2 Å². The van der Waals surface area contributed by atoms with Crippen LogP contribution in [0.25, 0.3) is 11.2 Å². The van der Waals surface area contributed by atoms with Crippen molar-refractivity contribution in [2.45, 2.75) is 13.0 Å². The van der Waals surface area contributed by atoms with Gasteiger partial charge in [0, 0.05) is 12.7 Å². The Morgan fingerprint density at radius 3 is 3.07 bits per heavy atom. The predicted octanol–water partition coefficient (Wildman–Crippen LogP) is 0.760. The molecule has 0 aliphatic rings. The SMILES string of the molecule is Cl.NCCCn1c(=O)oc2cccnc21. The highest BCUT2D eigenvalue weighted by Crippen LogP contribution is 2.08. The van der Waals surface area contributed by atoms with E-state index in [1.165, 1.54) is 4.57 Å². The number of nitrogens with two attached hydrogens (primary N) is 1. The summed E-state index contributed by atoms with van der Waals surface area (Å²) in [4.78, 5) is 15.4. The molecule has 0 saturated heterocycles. The third kappa shape index (κ3) is 2.19. The Labute approximate surface area is 92.3 Å². The quantitative estimate of drug-likeness (QED) is 0.843.